The minimum Gasteiger partial charge on any atom is -0.497 e. The van der Waals surface area contributed by atoms with Gasteiger partial charge in [-0.1, -0.05) is 6.92 Å². The third-order valence-corrected chi connectivity index (χ3v) is 5.96. The zero-order valence-electron chi connectivity index (χ0n) is 10.6. The highest BCUT2D eigenvalue weighted by molar-refractivity contribution is 8.06. The Labute approximate surface area is 113 Å². The molecule has 0 amide bonds. The molecule has 17 heavy (non-hydrogen) atoms. The van der Waals surface area contributed by atoms with Crippen LogP contribution < -0.4 is 5.32 Å². The van der Waals surface area contributed by atoms with Crippen LogP contribution in [0.25, 0.3) is 0 Å². The molecule has 0 aromatic rings. The van der Waals surface area contributed by atoms with Gasteiger partial charge in [-0.05, 0) is 31.9 Å². The normalized spacial score (nSPS) is 27.1. The van der Waals surface area contributed by atoms with Crippen LogP contribution in [-0.4, -0.2) is 41.7 Å². The highest BCUT2D eigenvalue weighted by Gasteiger charge is 2.28. The van der Waals surface area contributed by atoms with Gasteiger partial charge in [0.15, 0.2) is 0 Å². The Balaban J connectivity index is 1.97. The molecule has 1 saturated heterocycles. The first-order valence-corrected chi connectivity index (χ1v) is 8.87. The van der Waals surface area contributed by atoms with Crippen LogP contribution in [0.5, 0.6) is 0 Å². The molecule has 0 aromatic carbocycles. The first kappa shape index (κ1) is 13.6. The van der Waals surface area contributed by atoms with E-state index < -0.39 is 0 Å². The SMILES string of the molecule is CCCNC(C1=CCCCO1)C1CSCCS1. The van der Waals surface area contributed by atoms with Crippen LogP contribution in [0, 0.1) is 0 Å². The van der Waals surface area contributed by atoms with Gasteiger partial charge in [0.2, 0.25) is 0 Å². The number of allylic oxidation sites excluding steroid dienone is 1. The lowest BCUT2D eigenvalue weighted by Gasteiger charge is -2.33. The van der Waals surface area contributed by atoms with E-state index in [1.54, 1.807) is 0 Å². The molecular formula is C13H23NOS2. The van der Waals surface area contributed by atoms with E-state index in [9.17, 15) is 0 Å². The molecule has 4 heteroatoms. The number of ether oxygens (including phenoxy) is 1. The Bertz CT molecular complexity index is 252. The average Bonchev–Trinajstić information content (AvgIpc) is 2.42. The van der Waals surface area contributed by atoms with Gasteiger partial charge >= 0.3 is 0 Å². The second-order valence-corrected chi connectivity index (χ2v) is 7.01. The number of nitrogens with one attached hydrogen (secondary N) is 1. The van der Waals surface area contributed by atoms with E-state index in [0.717, 1.165) is 13.2 Å². The summed E-state index contributed by atoms with van der Waals surface area (Å²) in [5.74, 6) is 5.06. The maximum Gasteiger partial charge on any atom is 0.110 e. The van der Waals surface area contributed by atoms with Crippen LogP contribution in [0.4, 0.5) is 0 Å². The maximum absolute atomic E-state index is 5.87. The van der Waals surface area contributed by atoms with E-state index in [1.807, 2.05) is 0 Å². The molecule has 1 N–H and O–H groups in total. The van der Waals surface area contributed by atoms with Crippen molar-refractivity contribution in [2.24, 2.45) is 0 Å². The molecule has 2 aliphatic rings. The fraction of sp³-hybridized carbons (Fsp3) is 0.846. The van der Waals surface area contributed by atoms with Crippen molar-refractivity contribution in [1.82, 2.24) is 5.32 Å². The monoisotopic (exact) mass is 273 g/mol. The molecule has 0 saturated carbocycles. The van der Waals surface area contributed by atoms with Gasteiger partial charge in [-0.25, -0.2) is 0 Å². The molecule has 0 aliphatic carbocycles. The average molecular weight is 273 g/mol. The van der Waals surface area contributed by atoms with Crippen LogP contribution in [0.1, 0.15) is 26.2 Å². The lowest BCUT2D eigenvalue weighted by molar-refractivity contribution is 0.167. The lowest BCUT2D eigenvalue weighted by atomic mass is 10.1. The van der Waals surface area contributed by atoms with Crippen molar-refractivity contribution in [2.45, 2.75) is 37.5 Å². The highest BCUT2D eigenvalue weighted by atomic mass is 32.2. The van der Waals surface area contributed by atoms with Gasteiger partial charge in [0.25, 0.3) is 0 Å². The third-order valence-electron chi connectivity index (χ3n) is 3.10. The summed E-state index contributed by atoms with van der Waals surface area (Å²) in [6.07, 6.45) is 5.85. The molecule has 2 rings (SSSR count). The molecule has 98 valence electrons. The maximum atomic E-state index is 5.87. The Kier molecular flexibility index (Phi) is 6.09. The predicted octanol–water partition coefficient (Wildman–Crippen LogP) is 2.90. The smallest absolute Gasteiger partial charge is 0.110 e. The second kappa shape index (κ2) is 7.59. The number of hydrogen-bond donors (Lipinski definition) is 1. The molecule has 0 radical (unpaired) electrons. The van der Waals surface area contributed by atoms with Gasteiger partial charge in [0.1, 0.15) is 5.76 Å². The van der Waals surface area contributed by atoms with Crippen LogP contribution in [-0.2, 0) is 4.74 Å². The van der Waals surface area contributed by atoms with Gasteiger partial charge in [-0.15, -0.1) is 0 Å². The summed E-state index contributed by atoms with van der Waals surface area (Å²) in [4.78, 5) is 0. The first-order valence-electron chi connectivity index (χ1n) is 6.67. The molecule has 2 nitrogen and oxygen atoms in total. The molecule has 2 aliphatic heterocycles. The van der Waals surface area contributed by atoms with Gasteiger partial charge < -0.3 is 10.1 Å². The quantitative estimate of drug-likeness (QED) is 0.831. The standard InChI is InChI=1S/C13H23NOS2/c1-2-6-14-13(11-5-3-4-7-15-11)12-10-16-8-9-17-12/h5,12-14H,2-4,6-10H2,1H3. The zero-order valence-corrected chi connectivity index (χ0v) is 12.2. The lowest BCUT2D eigenvalue weighted by Crippen LogP contribution is -2.44. The van der Waals surface area contributed by atoms with Crippen molar-refractivity contribution < 1.29 is 4.74 Å². The Hall–Kier alpha value is 0.200. The van der Waals surface area contributed by atoms with Gasteiger partial charge in [0.05, 0.1) is 12.6 Å². The fourth-order valence-corrected chi connectivity index (χ4v) is 5.05. The third kappa shape index (κ3) is 4.11. The fourth-order valence-electron chi connectivity index (χ4n) is 2.21. The van der Waals surface area contributed by atoms with Crippen LogP contribution in [0.3, 0.4) is 0 Å². The van der Waals surface area contributed by atoms with Crippen molar-refractivity contribution in [3.63, 3.8) is 0 Å². The minimum atomic E-state index is 0.438. The van der Waals surface area contributed by atoms with E-state index in [0.29, 0.717) is 11.3 Å². The van der Waals surface area contributed by atoms with Crippen molar-refractivity contribution >= 4 is 23.5 Å². The van der Waals surface area contributed by atoms with Crippen molar-refractivity contribution in [1.29, 1.82) is 0 Å². The summed E-state index contributed by atoms with van der Waals surface area (Å²) in [7, 11) is 0. The summed E-state index contributed by atoms with van der Waals surface area (Å²) in [6, 6.07) is 0.438. The molecule has 0 bridgehead atoms. The zero-order chi connectivity index (χ0) is 11.9. The first-order chi connectivity index (χ1) is 8.42. The second-order valence-electron chi connectivity index (χ2n) is 4.51. The highest BCUT2D eigenvalue weighted by Crippen LogP contribution is 2.30. The Morgan fingerprint density at radius 3 is 3.12 bits per heavy atom. The Morgan fingerprint density at radius 1 is 1.53 bits per heavy atom. The summed E-state index contributed by atoms with van der Waals surface area (Å²) in [6.45, 7) is 4.22. The van der Waals surface area contributed by atoms with Crippen LogP contribution in [0.15, 0.2) is 11.8 Å². The van der Waals surface area contributed by atoms with Gasteiger partial charge in [0, 0.05) is 22.5 Å². The predicted molar refractivity (Wildman–Crippen MR) is 78.9 cm³/mol. The van der Waals surface area contributed by atoms with Crippen LogP contribution in [0.2, 0.25) is 0 Å². The van der Waals surface area contributed by atoms with Gasteiger partial charge in [-0.3, -0.25) is 0 Å². The molecule has 0 aromatic heterocycles. The topological polar surface area (TPSA) is 21.3 Å². The summed E-state index contributed by atoms with van der Waals surface area (Å²) < 4.78 is 5.87. The van der Waals surface area contributed by atoms with Crippen molar-refractivity contribution in [3.05, 3.63) is 11.8 Å². The molecule has 2 heterocycles. The summed E-state index contributed by atoms with van der Waals surface area (Å²) >= 11 is 4.20. The largest absolute Gasteiger partial charge is 0.497 e. The number of hydrogen-bond acceptors (Lipinski definition) is 4. The molecule has 2 atom stereocenters. The summed E-state index contributed by atoms with van der Waals surface area (Å²) in [5, 5.41) is 4.37. The van der Waals surface area contributed by atoms with Gasteiger partial charge in [-0.2, -0.15) is 23.5 Å². The van der Waals surface area contributed by atoms with Crippen molar-refractivity contribution in [3.8, 4) is 0 Å². The van der Waals surface area contributed by atoms with Crippen molar-refractivity contribution in [2.75, 3.05) is 30.4 Å². The van der Waals surface area contributed by atoms with E-state index in [-0.39, 0.29) is 0 Å². The molecule has 0 spiro atoms. The number of rotatable bonds is 5. The molecule has 2 unspecified atom stereocenters. The van der Waals surface area contributed by atoms with E-state index in [4.69, 9.17) is 4.74 Å². The summed E-state index contributed by atoms with van der Waals surface area (Å²) in [5.41, 5.74) is 0. The minimum absolute atomic E-state index is 0.438. The number of thioether (sulfide) groups is 2. The Morgan fingerprint density at radius 2 is 2.47 bits per heavy atom. The van der Waals surface area contributed by atoms with E-state index >= 15 is 0 Å². The molecular weight excluding hydrogens is 250 g/mol. The molecule has 1 fully saturated rings. The van der Waals surface area contributed by atoms with Crippen LogP contribution >= 0.6 is 23.5 Å². The van der Waals surface area contributed by atoms with E-state index in [2.05, 4.69) is 41.8 Å². The van der Waals surface area contributed by atoms with E-state index in [1.165, 1.54) is 42.3 Å².